The summed E-state index contributed by atoms with van der Waals surface area (Å²) < 4.78 is 27.0. The van der Waals surface area contributed by atoms with E-state index in [1.54, 1.807) is 25.1 Å². The van der Waals surface area contributed by atoms with E-state index in [9.17, 15) is 13.2 Å². The average Bonchev–Trinajstić information content (AvgIpc) is 2.38. The van der Waals surface area contributed by atoms with E-state index in [-0.39, 0.29) is 10.5 Å². The normalized spacial score (nSPS) is 11.1. The third kappa shape index (κ3) is 3.41. The molecule has 2 aromatic carbocycles. The molecule has 0 aliphatic carbocycles. The van der Waals surface area contributed by atoms with Crippen molar-refractivity contribution in [3.05, 3.63) is 59.2 Å². The molecule has 0 aliphatic rings. The molecular formula is C15H15NO4S. The lowest BCUT2D eigenvalue weighted by Gasteiger charge is -2.10. The SMILES string of the molecule is Cc1cccc(NS(=O)(=O)c2ccc(C)c(C(=O)O)c2)c1. The number of carbonyl (C=O) groups is 1. The number of hydrogen-bond donors (Lipinski definition) is 2. The van der Waals surface area contributed by atoms with Crippen LogP contribution in [0.5, 0.6) is 0 Å². The van der Waals surface area contributed by atoms with Crippen molar-refractivity contribution >= 4 is 21.7 Å². The second-order valence-corrected chi connectivity index (χ2v) is 6.44. The van der Waals surface area contributed by atoms with E-state index in [4.69, 9.17) is 5.11 Å². The van der Waals surface area contributed by atoms with Gasteiger partial charge >= 0.3 is 5.97 Å². The van der Waals surface area contributed by atoms with Crippen LogP contribution in [0.1, 0.15) is 21.5 Å². The summed E-state index contributed by atoms with van der Waals surface area (Å²) in [4.78, 5) is 11.0. The highest BCUT2D eigenvalue weighted by Gasteiger charge is 2.17. The maximum absolute atomic E-state index is 12.3. The van der Waals surface area contributed by atoms with E-state index >= 15 is 0 Å². The van der Waals surface area contributed by atoms with Crippen molar-refractivity contribution in [1.82, 2.24) is 0 Å². The minimum absolute atomic E-state index is 0.0258. The number of benzene rings is 2. The van der Waals surface area contributed by atoms with Gasteiger partial charge in [-0.1, -0.05) is 18.2 Å². The van der Waals surface area contributed by atoms with Crippen LogP contribution < -0.4 is 4.72 Å². The lowest BCUT2D eigenvalue weighted by atomic mass is 10.1. The van der Waals surface area contributed by atoms with Crippen LogP contribution in [0.3, 0.4) is 0 Å². The van der Waals surface area contributed by atoms with Gasteiger partial charge < -0.3 is 5.11 Å². The summed E-state index contributed by atoms with van der Waals surface area (Å²) in [7, 11) is -3.82. The Morgan fingerprint density at radius 2 is 1.81 bits per heavy atom. The fourth-order valence-electron chi connectivity index (χ4n) is 1.92. The number of hydrogen-bond acceptors (Lipinski definition) is 3. The molecule has 6 heteroatoms. The number of rotatable bonds is 4. The van der Waals surface area contributed by atoms with Crippen LogP contribution in [0.2, 0.25) is 0 Å². The van der Waals surface area contributed by atoms with E-state index in [0.29, 0.717) is 11.3 Å². The molecule has 2 rings (SSSR count). The van der Waals surface area contributed by atoms with Crippen LogP contribution in [-0.2, 0) is 10.0 Å². The van der Waals surface area contributed by atoms with Crippen molar-refractivity contribution in [1.29, 1.82) is 0 Å². The van der Waals surface area contributed by atoms with E-state index in [2.05, 4.69) is 4.72 Å². The van der Waals surface area contributed by atoms with Crippen molar-refractivity contribution in [2.24, 2.45) is 0 Å². The van der Waals surface area contributed by atoms with Gasteiger partial charge in [0.25, 0.3) is 10.0 Å². The van der Waals surface area contributed by atoms with Gasteiger partial charge in [0.15, 0.2) is 0 Å². The molecule has 2 N–H and O–H groups in total. The monoisotopic (exact) mass is 305 g/mol. The summed E-state index contributed by atoms with van der Waals surface area (Å²) in [5, 5.41) is 9.07. The molecular weight excluding hydrogens is 290 g/mol. The van der Waals surface area contributed by atoms with Crippen LogP contribution in [-0.4, -0.2) is 19.5 Å². The van der Waals surface area contributed by atoms with Crippen molar-refractivity contribution in [3.8, 4) is 0 Å². The van der Waals surface area contributed by atoms with Crippen molar-refractivity contribution in [2.45, 2.75) is 18.7 Å². The lowest BCUT2D eigenvalue weighted by molar-refractivity contribution is 0.0696. The third-order valence-electron chi connectivity index (χ3n) is 3.02. The minimum Gasteiger partial charge on any atom is -0.478 e. The first-order valence-electron chi connectivity index (χ1n) is 6.23. The molecule has 0 aromatic heterocycles. The Hall–Kier alpha value is -2.34. The Bertz CT molecular complexity index is 797. The van der Waals surface area contributed by atoms with E-state index in [0.717, 1.165) is 11.6 Å². The van der Waals surface area contributed by atoms with Crippen molar-refractivity contribution < 1.29 is 18.3 Å². The molecule has 0 atom stereocenters. The minimum atomic E-state index is -3.82. The Morgan fingerprint density at radius 3 is 2.43 bits per heavy atom. The van der Waals surface area contributed by atoms with Gasteiger partial charge in [-0.15, -0.1) is 0 Å². The molecule has 2 aromatic rings. The molecule has 0 amide bonds. The van der Waals surface area contributed by atoms with Crippen molar-refractivity contribution in [2.75, 3.05) is 4.72 Å². The smallest absolute Gasteiger partial charge is 0.335 e. The maximum atomic E-state index is 12.3. The fourth-order valence-corrected chi connectivity index (χ4v) is 3.00. The zero-order valence-corrected chi connectivity index (χ0v) is 12.4. The molecule has 0 saturated carbocycles. The molecule has 110 valence electrons. The Kier molecular flexibility index (Phi) is 3.99. The quantitative estimate of drug-likeness (QED) is 0.909. The molecule has 0 fully saturated rings. The molecule has 0 bridgehead atoms. The number of aromatic carboxylic acids is 1. The highest BCUT2D eigenvalue weighted by atomic mass is 32.2. The number of carboxylic acids is 1. The summed E-state index contributed by atoms with van der Waals surface area (Å²) in [5.74, 6) is -1.15. The Morgan fingerprint density at radius 1 is 1.10 bits per heavy atom. The molecule has 0 saturated heterocycles. The zero-order chi connectivity index (χ0) is 15.6. The first-order chi connectivity index (χ1) is 9.79. The molecule has 0 heterocycles. The Balaban J connectivity index is 2.40. The largest absolute Gasteiger partial charge is 0.478 e. The topological polar surface area (TPSA) is 83.5 Å². The number of nitrogens with one attached hydrogen (secondary N) is 1. The average molecular weight is 305 g/mol. The van der Waals surface area contributed by atoms with Gasteiger partial charge in [0.05, 0.1) is 10.5 Å². The number of sulfonamides is 1. The van der Waals surface area contributed by atoms with E-state index in [1.807, 2.05) is 13.0 Å². The van der Waals surface area contributed by atoms with Gasteiger partial charge in [-0.3, -0.25) is 4.72 Å². The first-order valence-corrected chi connectivity index (χ1v) is 7.71. The third-order valence-corrected chi connectivity index (χ3v) is 4.40. The second kappa shape index (κ2) is 5.57. The highest BCUT2D eigenvalue weighted by molar-refractivity contribution is 7.92. The summed E-state index contributed by atoms with van der Waals surface area (Å²) in [5.41, 5.74) is 1.84. The van der Waals surface area contributed by atoms with Gasteiger partial charge in [0.2, 0.25) is 0 Å². The zero-order valence-electron chi connectivity index (χ0n) is 11.6. The number of carboxylic acid groups (broad SMARTS) is 1. The molecule has 0 unspecified atom stereocenters. The molecule has 21 heavy (non-hydrogen) atoms. The van der Waals surface area contributed by atoms with Gasteiger partial charge in [-0.05, 0) is 49.2 Å². The summed E-state index contributed by atoms with van der Waals surface area (Å²) in [6.45, 7) is 3.47. The highest BCUT2D eigenvalue weighted by Crippen LogP contribution is 2.20. The van der Waals surface area contributed by atoms with Crippen LogP contribution in [0.4, 0.5) is 5.69 Å². The summed E-state index contributed by atoms with van der Waals surface area (Å²) >= 11 is 0. The molecule has 0 aliphatic heterocycles. The van der Waals surface area contributed by atoms with Gasteiger partial charge in [-0.25, -0.2) is 13.2 Å². The van der Waals surface area contributed by atoms with E-state index in [1.165, 1.54) is 12.1 Å². The molecule has 0 radical (unpaired) electrons. The maximum Gasteiger partial charge on any atom is 0.335 e. The predicted octanol–water partition coefficient (Wildman–Crippen LogP) is 2.80. The van der Waals surface area contributed by atoms with E-state index < -0.39 is 16.0 Å². The molecule has 0 spiro atoms. The second-order valence-electron chi connectivity index (χ2n) is 4.76. The van der Waals surface area contributed by atoms with Crippen LogP contribution in [0.15, 0.2) is 47.4 Å². The lowest BCUT2D eigenvalue weighted by Crippen LogP contribution is -2.14. The van der Waals surface area contributed by atoms with Gasteiger partial charge in [-0.2, -0.15) is 0 Å². The molecule has 5 nitrogen and oxygen atoms in total. The predicted molar refractivity (Wildman–Crippen MR) is 80.1 cm³/mol. The fraction of sp³-hybridized carbons (Fsp3) is 0.133. The summed E-state index contributed by atoms with van der Waals surface area (Å²) in [6.07, 6.45) is 0. The number of aryl methyl sites for hydroxylation is 2. The van der Waals surface area contributed by atoms with Gasteiger partial charge in [0, 0.05) is 5.69 Å². The number of anilines is 1. The van der Waals surface area contributed by atoms with Gasteiger partial charge in [0.1, 0.15) is 0 Å². The van der Waals surface area contributed by atoms with Crippen LogP contribution in [0, 0.1) is 13.8 Å². The standard InChI is InChI=1S/C15H15NO4S/c1-10-4-3-5-12(8-10)16-21(19,20)13-7-6-11(2)14(9-13)15(17)18/h3-9,16H,1-2H3,(H,17,18). The van der Waals surface area contributed by atoms with Crippen LogP contribution in [0.25, 0.3) is 0 Å². The Labute approximate surface area is 123 Å². The van der Waals surface area contributed by atoms with Crippen molar-refractivity contribution in [3.63, 3.8) is 0 Å². The summed E-state index contributed by atoms with van der Waals surface area (Å²) in [6, 6.07) is 11.0. The first kappa shape index (κ1) is 15.1. The van der Waals surface area contributed by atoms with Crippen LogP contribution >= 0.6 is 0 Å².